The molecule has 4 rings (SSSR count). The van der Waals surface area contributed by atoms with Crippen molar-refractivity contribution < 1.29 is 9.59 Å². The highest BCUT2D eigenvalue weighted by atomic mass is 32.1. The number of carbonyl (C=O) groups is 2. The number of amides is 2. The summed E-state index contributed by atoms with van der Waals surface area (Å²) in [5, 5.41) is 10.0. The van der Waals surface area contributed by atoms with Gasteiger partial charge in [0.25, 0.3) is 11.8 Å². The zero-order valence-electron chi connectivity index (χ0n) is 11.0. The second kappa shape index (κ2) is 5.00. The van der Waals surface area contributed by atoms with E-state index in [0.717, 1.165) is 20.7 Å². The van der Waals surface area contributed by atoms with E-state index in [2.05, 4.69) is 20.6 Å². The number of hydrogen-bond donors (Lipinski definition) is 2. The summed E-state index contributed by atoms with van der Waals surface area (Å²) >= 11 is 3.14. The van der Waals surface area contributed by atoms with Crippen molar-refractivity contribution in [2.45, 2.75) is 0 Å². The second-order valence-corrected chi connectivity index (χ2v) is 6.34. The van der Waals surface area contributed by atoms with Crippen molar-refractivity contribution in [1.29, 1.82) is 0 Å². The van der Waals surface area contributed by atoms with Gasteiger partial charge in [-0.1, -0.05) is 6.07 Å². The molecule has 4 heterocycles. The van der Waals surface area contributed by atoms with Crippen molar-refractivity contribution in [3.05, 3.63) is 41.0 Å². The van der Waals surface area contributed by atoms with Gasteiger partial charge in [0, 0.05) is 21.9 Å². The number of fused-ring (bicyclic) bond motifs is 1. The Bertz CT molecular complexity index is 928. The molecule has 0 aliphatic carbocycles. The smallest absolute Gasteiger partial charge is 0.274 e. The van der Waals surface area contributed by atoms with E-state index in [-0.39, 0.29) is 5.70 Å². The summed E-state index contributed by atoms with van der Waals surface area (Å²) in [6, 6.07) is 4.00. The summed E-state index contributed by atoms with van der Waals surface area (Å²) in [5.41, 5.74) is 1.21. The van der Waals surface area contributed by atoms with E-state index in [0.29, 0.717) is 5.82 Å². The van der Waals surface area contributed by atoms with Crippen molar-refractivity contribution in [3.63, 3.8) is 0 Å². The fraction of sp³-hybridized carbons (Fsp3) is 0. The Morgan fingerprint density at radius 3 is 2.82 bits per heavy atom. The molecule has 2 amide bonds. The van der Waals surface area contributed by atoms with E-state index in [4.69, 9.17) is 0 Å². The fourth-order valence-corrected chi connectivity index (χ4v) is 3.95. The lowest BCUT2D eigenvalue weighted by atomic mass is 10.2. The van der Waals surface area contributed by atoms with Crippen LogP contribution in [0.3, 0.4) is 0 Å². The summed E-state index contributed by atoms with van der Waals surface area (Å²) in [6.45, 7) is 0. The zero-order chi connectivity index (χ0) is 15.1. The van der Waals surface area contributed by atoms with Crippen LogP contribution in [0, 0.1) is 0 Å². The Labute approximate surface area is 132 Å². The summed E-state index contributed by atoms with van der Waals surface area (Å²) in [4.78, 5) is 33.3. The lowest BCUT2D eigenvalue weighted by Crippen LogP contribution is -2.24. The molecule has 108 valence electrons. The van der Waals surface area contributed by atoms with E-state index >= 15 is 0 Å². The molecule has 1 aliphatic rings. The number of thiophene rings is 2. The normalized spacial score (nSPS) is 14.3. The van der Waals surface area contributed by atoms with Crippen LogP contribution in [0.1, 0.15) is 0 Å². The lowest BCUT2D eigenvalue weighted by molar-refractivity contribution is -0.123. The van der Waals surface area contributed by atoms with Crippen LogP contribution < -0.4 is 10.6 Å². The maximum atomic E-state index is 11.7. The third-order valence-electron chi connectivity index (χ3n) is 3.17. The fourth-order valence-electron chi connectivity index (χ4n) is 2.22. The Morgan fingerprint density at radius 2 is 2.09 bits per heavy atom. The third-order valence-corrected chi connectivity index (χ3v) is 4.96. The molecule has 0 unspecified atom stereocenters. The average Bonchev–Trinajstić information content (AvgIpc) is 3.20. The van der Waals surface area contributed by atoms with Gasteiger partial charge in [0.1, 0.15) is 22.7 Å². The largest absolute Gasteiger partial charge is 0.335 e. The molecule has 0 bridgehead atoms. The molecule has 0 aromatic carbocycles. The van der Waals surface area contributed by atoms with Crippen molar-refractivity contribution >= 4 is 50.5 Å². The Morgan fingerprint density at radius 1 is 1.18 bits per heavy atom. The molecule has 3 aromatic rings. The van der Waals surface area contributed by atoms with E-state index in [1.54, 1.807) is 11.3 Å². The molecule has 0 atom stereocenters. The molecular weight excluding hydrogens is 320 g/mol. The van der Waals surface area contributed by atoms with Crippen LogP contribution in [-0.4, -0.2) is 21.8 Å². The van der Waals surface area contributed by atoms with Gasteiger partial charge >= 0.3 is 0 Å². The number of carbonyl (C=O) groups excluding carboxylic acids is 2. The molecule has 22 heavy (non-hydrogen) atoms. The molecule has 6 nitrogen and oxygen atoms in total. The summed E-state index contributed by atoms with van der Waals surface area (Å²) in [6.07, 6.45) is 2.67. The second-order valence-electron chi connectivity index (χ2n) is 4.53. The van der Waals surface area contributed by atoms with E-state index in [9.17, 15) is 9.59 Å². The Hall–Kier alpha value is -2.58. The Kier molecular flexibility index (Phi) is 2.98. The molecule has 8 heteroatoms. The minimum Gasteiger partial charge on any atom is -0.335 e. The van der Waals surface area contributed by atoms with E-state index < -0.39 is 11.8 Å². The summed E-state index contributed by atoms with van der Waals surface area (Å²) < 4.78 is 0. The SMILES string of the molecule is O=C1C=C(Nc2ncnc3scc(-c4cccs4)c23)C(=O)N1. The van der Waals surface area contributed by atoms with Crippen molar-refractivity contribution in [3.8, 4) is 10.4 Å². The summed E-state index contributed by atoms with van der Waals surface area (Å²) in [5.74, 6) is -0.364. The van der Waals surface area contributed by atoms with Crippen LogP contribution >= 0.6 is 22.7 Å². The first kappa shape index (κ1) is 13.1. The lowest BCUT2D eigenvalue weighted by Gasteiger charge is -2.06. The first-order valence-corrected chi connectivity index (χ1v) is 8.08. The molecular formula is C14H8N4O2S2. The van der Waals surface area contributed by atoms with Gasteiger partial charge in [-0.2, -0.15) is 0 Å². The highest BCUT2D eigenvalue weighted by Gasteiger charge is 2.23. The number of nitrogens with zero attached hydrogens (tertiary/aromatic N) is 2. The number of hydrogen-bond acceptors (Lipinski definition) is 7. The van der Waals surface area contributed by atoms with Gasteiger partial charge in [0.15, 0.2) is 0 Å². The van der Waals surface area contributed by atoms with Gasteiger partial charge in [-0.3, -0.25) is 14.9 Å². The molecule has 3 aromatic heterocycles. The van der Waals surface area contributed by atoms with Gasteiger partial charge in [0.2, 0.25) is 0 Å². The standard InChI is InChI=1S/C14H8N4O2S2/c19-10-4-8(13(20)18-10)17-12-11-7(9-2-1-3-21-9)5-22-14(11)16-6-15-12/h1-6H,(H2,15,16,17,18,19,20). The zero-order valence-corrected chi connectivity index (χ0v) is 12.6. The quantitative estimate of drug-likeness (QED) is 0.721. The van der Waals surface area contributed by atoms with Crippen LogP contribution in [-0.2, 0) is 9.59 Å². The van der Waals surface area contributed by atoms with Gasteiger partial charge in [0.05, 0.1) is 5.39 Å². The molecule has 0 fully saturated rings. The highest BCUT2D eigenvalue weighted by molar-refractivity contribution is 7.18. The third kappa shape index (κ3) is 2.09. The minimum atomic E-state index is -0.454. The first-order valence-electron chi connectivity index (χ1n) is 6.32. The van der Waals surface area contributed by atoms with E-state index in [1.807, 2.05) is 22.9 Å². The van der Waals surface area contributed by atoms with Crippen LogP contribution in [0.5, 0.6) is 0 Å². The predicted octanol–water partition coefficient (Wildman–Crippen LogP) is 2.37. The first-order chi connectivity index (χ1) is 10.7. The summed E-state index contributed by atoms with van der Waals surface area (Å²) in [7, 11) is 0. The van der Waals surface area contributed by atoms with Gasteiger partial charge in [-0.25, -0.2) is 9.97 Å². The maximum Gasteiger partial charge on any atom is 0.274 e. The van der Waals surface area contributed by atoms with Crippen molar-refractivity contribution in [2.75, 3.05) is 5.32 Å². The number of imide groups is 1. The molecule has 0 saturated heterocycles. The molecule has 2 N–H and O–H groups in total. The van der Waals surface area contributed by atoms with Gasteiger partial charge in [-0.15, -0.1) is 22.7 Å². The van der Waals surface area contributed by atoms with E-state index in [1.165, 1.54) is 23.7 Å². The predicted molar refractivity (Wildman–Crippen MR) is 85.6 cm³/mol. The molecule has 0 radical (unpaired) electrons. The van der Waals surface area contributed by atoms with Crippen LogP contribution in [0.15, 0.2) is 41.0 Å². The number of aromatic nitrogens is 2. The number of nitrogens with one attached hydrogen (secondary N) is 2. The highest BCUT2D eigenvalue weighted by Crippen LogP contribution is 2.38. The van der Waals surface area contributed by atoms with Gasteiger partial charge in [-0.05, 0) is 11.4 Å². The van der Waals surface area contributed by atoms with Gasteiger partial charge < -0.3 is 5.32 Å². The van der Waals surface area contributed by atoms with Crippen LogP contribution in [0.4, 0.5) is 5.82 Å². The number of anilines is 1. The van der Waals surface area contributed by atoms with Crippen LogP contribution in [0.2, 0.25) is 0 Å². The molecule has 0 spiro atoms. The minimum absolute atomic E-state index is 0.188. The van der Waals surface area contributed by atoms with Crippen molar-refractivity contribution in [1.82, 2.24) is 15.3 Å². The topological polar surface area (TPSA) is 84.0 Å². The number of rotatable bonds is 3. The molecule has 1 aliphatic heterocycles. The van der Waals surface area contributed by atoms with Crippen molar-refractivity contribution in [2.24, 2.45) is 0 Å². The Balaban J connectivity index is 1.84. The monoisotopic (exact) mass is 328 g/mol. The van der Waals surface area contributed by atoms with Crippen LogP contribution in [0.25, 0.3) is 20.7 Å². The molecule has 0 saturated carbocycles. The average molecular weight is 328 g/mol. The maximum absolute atomic E-state index is 11.7.